The van der Waals surface area contributed by atoms with Gasteiger partial charge in [-0.25, -0.2) is 0 Å². The van der Waals surface area contributed by atoms with E-state index in [4.69, 9.17) is 0 Å². The van der Waals surface area contributed by atoms with E-state index >= 15 is 0 Å². The highest BCUT2D eigenvalue weighted by molar-refractivity contribution is 6.42. The second-order valence-corrected chi connectivity index (χ2v) is 16.7. The standard InChI is InChI=1S/C62H40N2O4/c65-59-53-18-10-11-19-54(53)60(66)57(59)38-41-20-29-49(30-21-41)63(47-14-6-2-7-15-47)51-33-24-44(25-34-51)45-26-35-52(36-27-45)64(48-16-8-3-9-17-48)50-31-22-42(23-32-50)39-58-61(67)55-37-28-46(40-56(55)62(58)68)43-12-4-1-5-13-43/h1-40H/b58-39-. The van der Waals surface area contributed by atoms with Gasteiger partial charge in [0.05, 0.1) is 11.1 Å². The zero-order valence-electron chi connectivity index (χ0n) is 36.6. The molecule has 0 aromatic heterocycles. The number of benzene rings is 9. The number of nitrogens with zero attached hydrogens (tertiary/aromatic N) is 2. The summed E-state index contributed by atoms with van der Waals surface area (Å²) in [7, 11) is 0. The van der Waals surface area contributed by atoms with Crippen molar-refractivity contribution in [1.29, 1.82) is 0 Å². The largest absolute Gasteiger partial charge is 0.311 e. The molecule has 0 radical (unpaired) electrons. The van der Waals surface area contributed by atoms with Crippen LogP contribution in [0.25, 0.3) is 34.4 Å². The molecule has 0 N–H and O–H groups in total. The Morgan fingerprint density at radius 1 is 0.250 bits per heavy atom. The maximum absolute atomic E-state index is 13.6. The molecule has 0 unspecified atom stereocenters. The quantitative estimate of drug-likeness (QED) is 0.101. The van der Waals surface area contributed by atoms with Crippen LogP contribution in [0.1, 0.15) is 52.6 Å². The van der Waals surface area contributed by atoms with Gasteiger partial charge in [0.25, 0.3) is 0 Å². The van der Waals surface area contributed by atoms with Gasteiger partial charge in [-0.05, 0) is 130 Å². The van der Waals surface area contributed by atoms with Crippen molar-refractivity contribution in [2.24, 2.45) is 0 Å². The highest BCUT2D eigenvalue weighted by Gasteiger charge is 2.34. The monoisotopic (exact) mass is 876 g/mol. The molecule has 0 amide bonds. The number of anilines is 6. The van der Waals surface area contributed by atoms with E-state index in [-0.39, 0.29) is 34.3 Å². The number of rotatable bonds is 10. The van der Waals surface area contributed by atoms with Gasteiger partial charge in [-0.2, -0.15) is 0 Å². The molecular weight excluding hydrogens is 837 g/mol. The predicted molar refractivity (Wildman–Crippen MR) is 273 cm³/mol. The zero-order valence-corrected chi connectivity index (χ0v) is 36.6. The van der Waals surface area contributed by atoms with E-state index in [1.807, 2.05) is 127 Å². The topological polar surface area (TPSA) is 74.8 Å². The highest BCUT2D eigenvalue weighted by atomic mass is 16.2. The minimum atomic E-state index is -0.258. The molecular formula is C62H40N2O4. The lowest BCUT2D eigenvalue weighted by atomic mass is 10.0. The van der Waals surface area contributed by atoms with Crippen molar-refractivity contribution >= 4 is 69.4 Å². The molecule has 9 aromatic rings. The van der Waals surface area contributed by atoms with Crippen LogP contribution in [0.3, 0.4) is 0 Å². The van der Waals surface area contributed by atoms with E-state index in [1.54, 1.807) is 42.5 Å². The molecule has 2 aliphatic rings. The fourth-order valence-corrected chi connectivity index (χ4v) is 9.10. The smallest absolute Gasteiger partial charge is 0.197 e. The number of carbonyl (C=O) groups excluding carboxylic acids is 4. The van der Waals surface area contributed by atoms with E-state index in [1.165, 1.54) is 0 Å². The van der Waals surface area contributed by atoms with Crippen LogP contribution in [0.4, 0.5) is 34.1 Å². The summed E-state index contributed by atoms with van der Waals surface area (Å²) in [5, 5.41) is 0. The van der Waals surface area contributed by atoms with E-state index < -0.39 is 0 Å². The lowest BCUT2D eigenvalue weighted by Crippen LogP contribution is -2.10. The van der Waals surface area contributed by atoms with Gasteiger partial charge in [0.15, 0.2) is 23.1 Å². The summed E-state index contributed by atoms with van der Waals surface area (Å²) in [6.45, 7) is 0. The maximum Gasteiger partial charge on any atom is 0.197 e. The van der Waals surface area contributed by atoms with Crippen LogP contribution in [0.15, 0.2) is 242 Å². The minimum Gasteiger partial charge on any atom is -0.311 e. The third-order valence-electron chi connectivity index (χ3n) is 12.5. The van der Waals surface area contributed by atoms with Crippen LogP contribution in [0.5, 0.6) is 0 Å². The SMILES string of the molecule is O=C1C(=Cc2ccc(N(c3ccccc3)c3ccc(-c4ccc(N(c5ccccc5)c5ccc(/C=C6/C(=O)c7ccc(-c8ccccc8)cc7C6=O)cc5)cc4)cc3)cc2)C(=O)c2ccccc21. The van der Waals surface area contributed by atoms with Crippen molar-refractivity contribution in [3.63, 3.8) is 0 Å². The molecule has 0 spiro atoms. The number of hydrogen-bond acceptors (Lipinski definition) is 6. The third-order valence-corrected chi connectivity index (χ3v) is 12.5. The summed E-state index contributed by atoms with van der Waals surface area (Å²) in [4.78, 5) is 57.6. The summed E-state index contributed by atoms with van der Waals surface area (Å²) in [5.74, 6) is -0.999. The maximum atomic E-state index is 13.6. The Balaban J connectivity index is 0.836. The number of Topliss-reactive ketones (excluding diaryl/α,β-unsaturated/α-hetero) is 4. The minimum absolute atomic E-state index is 0.169. The fraction of sp³-hybridized carbons (Fsp3) is 0. The Morgan fingerprint density at radius 2 is 0.544 bits per heavy atom. The molecule has 0 bridgehead atoms. The Morgan fingerprint density at radius 3 is 0.956 bits per heavy atom. The van der Waals surface area contributed by atoms with Gasteiger partial charge in [-0.3, -0.25) is 19.2 Å². The van der Waals surface area contributed by atoms with Crippen LogP contribution in [0, 0.1) is 0 Å². The first kappa shape index (κ1) is 41.4. The number of allylic oxidation sites excluding steroid dienone is 2. The number of fused-ring (bicyclic) bond motifs is 2. The van der Waals surface area contributed by atoms with Crippen LogP contribution in [-0.4, -0.2) is 23.1 Å². The summed E-state index contributed by atoms with van der Waals surface area (Å²) >= 11 is 0. The van der Waals surface area contributed by atoms with E-state index in [0.717, 1.165) is 67.5 Å². The van der Waals surface area contributed by atoms with Crippen molar-refractivity contribution in [3.8, 4) is 22.3 Å². The fourth-order valence-electron chi connectivity index (χ4n) is 9.10. The van der Waals surface area contributed by atoms with Crippen molar-refractivity contribution in [2.75, 3.05) is 9.80 Å². The highest BCUT2D eigenvalue weighted by Crippen LogP contribution is 2.39. The molecule has 68 heavy (non-hydrogen) atoms. The molecule has 2 aliphatic carbocycles. The summed E-state index contributed by atoms with van der Waals surface area (Å²) in [6.07, 6.45) is 3.38. The summed E-state index contributed by atoms with van der Waals surface area (Å²) in [6, 6.07) is 75.3. The molecule has 0 saturated heterocycles. The second kappa shape index (κ2) is 17.6. The Hall–Kier alpha value is -9.26. The molecule has 0 fully saturated rings. The van der Waals surface area contributed by atoms with Crippen LogP contribution < -0.4 is 9.80 Å². The summed E-state index contributed by atoms with van der Waals surface area (Å²) in [5.41, 5.74) is 13.4. The Kier molecular flexibility index (Phi) is 10.7. The second-order valence-electron chi connectivity index (χ2n) is 16.7. The molecule has 0 heterocycles. The first-order valence-electron chi connectivity index (χ1n) is 22.4. The molecule has 9 aromatic carbocycles. The molecule has 6 nitrogen and oxygen atoms in total. The normalized spacial score (nSPS) is 13.4. The Bertz CT molecular complexity index is 3430. The van der Waals surface area contributed by atoms with Crippen LogP contribution in [0.2, 0.25) is 0 Å². The number of ketones is 4. The number of hydrogen-bond donors (Lipinski definition) is 0. The summed E-state index contributed by atoms with van der Waals surface area (Å²) < 4.78 is 0. The van der Waals surface area contributed by atoms with Crippen molar-refractivity contribution in [1.82, 2.24) is 0 Å². The average Bonchev–Trinajstić information content (AvgIpc) is 3.78. The first-order chi connectivity index (χ1) is 33.4. The van der Waals surface area contributed by atoms with Crippen molar-refractivity contribution < 1.29 is 19.2 Å². The van der Waals surface area contributed by atoms with Crippen molar-refractivity contribution in [2.45, 2.75) is 0 Å². The third kappa shape index (κ3) is 7.76. The van der Waals surface area contributed by atoms with Gasteiger partial charge in [0, 0.05) is 56.4 Å². The molecule has 0 atom stereocenters. The van der Waals surface area contributed by atoms with Gasteiger partial charge in [-0.15, -0.1) is 0 Å². The Labute approximate surface area is 394 Å². The van der Waals surface area contributed by atoms with Gasteiger partial charge >= 0.3 is 0 Å². The van der Waals surface area contributed by atoms with Gasteiger partial charge in [-0.1, -0.05) is 146 Å². The number of para-hydroxylation sites is 2. The van der Waals surface area contributed by atoms with Crippen LogP contribution >= 0.6 is 0 Å². The molecule has 6 heteroatoms. The molecule has 11 rings (SSSR count). The molecule has 0 saturated carbocycles. The van der Waals surface area contributed by atoms with Gasteiger partial charge in [0.2, 0.25) is 0 Å². The van der Waals surface area contributed by atoms with Crippen molar-refractivity contribution in [3.05, 3.63) is 275 Å². The van der Waals surface area contributed by atoms with E-state index in [2.05, 4.69) is 82.6 Å². The number of carbonyl (C=O) groups is 4. The molecule has 322 valence electrons. The van der Waals surface area contributed by atoms with E-state index in [9.17, 15) is 19.2 Å². The predicted octanol–water partition coefficient (Wildman–Crippen LogP) is 14.9. The zero-order chi connectivity index (χ0) is 46.1. The lowest BCUT2D eigenvalue weighted by Gasteiger charge is -2.26. The van der Waals surface area contributed by atoms with Gasteiger partial charge < -0.3 is 9.80 Å². The average molecular weight is 877 g/mol. The molecule has 0 aliphatic heterocycles. The lowest BCUT2D eigenvalue weighted by molar-refractivity contribution is 0.0975. The van der Waals surface area contributed by atoms with Gasteiger partial charge in [0.1, 0.15) is 0 Å². The van der Waals surface area contributed by atoms with Crippen LogP contribution in [-0.2, 0) is 0 Å². The van der Waals surface area contributed by atoms with E-state index in [0.29, 0.717) is 22.3 Å². The first-order valence-corrected chi connectivity index (χ1v) is 22.4.